The van der Waals surface area contributed by atoms with Crippen molar-refractivity contribution in [2.24, 2.45) is 0 Å². The fraction of sp³-hybridized carbons (Fsp3) is 0.167. The Morgan fingerprint density at radius 3 is 2.10 bits per heavy atom. The molecule has 0 bridgehead atoms. The molecule has 0 amide bonds. The number of hydrogen-bond donors (Lipinski definition) is 1. The second-order valence-corrected chi connectivity index (χ2v) is 4.96. The van der Waals surface area contributed by atoms with Crippen LogP contribution in [0, 0.1) is 0 Å². The van der Waals surface area contributed by atoms with E-state index in [4.69, 9.17) is 10.2 Å². The van der Waals surface area contributed by atoms with E-state index in [0.717, 1.165) is 28.9 Å². The van der Waals surface area contributed by atoms with Gasteiger partial charge < -0.3 is 5.11 Å². The molecule has 2 aromatic carbocycles. The van der Waals surface area contributed by atoms with Crippen LogP contribution in [-0.2, 0) is 6.54 Å². The average Bonchev–Trinajstić information content (AvgIpc) is 2.99. The molecule has 0 aliphatic carbocycles. The van der Waals surface area contributed by atoms with Crippen molar-refractivity contribution in [3.8, 4) is 22.4 Å². The van der Waals surface area contributed by atoms with E-state index >= 15 is 0 Å². The molecule has 1 heterocycles. The summed E-state index contributed by atoms with van der Waals surface area (Å²) in [7, 11) is 0. The number of hydrogen-bond acceptors (Lipinski definition) is 2. The van der Waals surface area contributed by atoms with Crippen LogP contribution >= 0.6 is 0 Å². The van der Waals surface area contributed by atoms with E-state index in [9.17, 15) is 0 Å². The summed E-state index contributed by atoms with van der Waals surface area (Å²) in [4.78, 5) is 0. The van der Waals surface area contributed by atoms with Crippen molar-refractivity contribution in [3.05, 3.63) is 66.9 Å². The minimum absolute atomic E-state index is 0.182. The number of benzene rings is 2. The topological polar surface area (TPSA) is 38.0 Å². The van der Waals surface area contributed by atoms with Crippen LogP contribution in [0.15, 0.2) is 66.9 Å². The Morgan fingerprint density at radius 1 is 0.857 bits per heavy atom. The summed E-state index contributed by atoms with van der Waals surface area (Å²) in [6.45, 7) is 0.907. The minimum atomic E-state index is 0.182. The van der Waals surface area contributed by atoms with Gasteiger partial charge in [-0.2, -0.15) is 5.10 Å². The Hall–Kier alpha value is -2.39. The monoisotopic (exact) mass is 278 g/mol. The molecule has 0 saturated carbocycles. The molecule has 0 aliphatic heterocycles. The van der Waals surface area contributed by atoms with Gasteiger partial charge in [-0.25, -0.2) is 0 Å². The normalized spacial score (nSPS) is 10.7. The van der Waals surface area contributed by atoms with Gasteiger partial charge in [0.15, 0.2) is 0 Å². The number of aromatic nitrogens is 2. The summed E-state index contributed by atoms with van der Waals surface area (Å²) in [5.74, 6) is 0. The highest BCUT2D eigenvalue weighted by Crippen LogP contribution is 2.30. The molecule has 1 N–H and O–H groups in total. The molecule has 3 heteroatoms. The van der Waals surface area contributed by atoms with Crippen LogP contribution < -0.4 is 0 Å². The first-order valence-corrected chi connectivity index (χ1v) is 7.17. The van der Waals surface area contributed by atoms with E-state index in [1.54, 1.807) is 0 Å². The van der Waals surface area contributed by atoms with Crippen molar-refractivity contribution < 1.29 is 5.11 Å². The van der Waals surface area contributed by atoms with Gasteiger partial charge in [0.1, 0.15) is 5.69 Å². The van der Waals surface area contributed by atoms with E-state index < -0.39 is 0 Å². The second kappa shape index (κ2) is 6.37. The SMILES string of the molecule is OCCCn1cc(-c2ccccc2)c(-c2ccccc2)n1. The van der Waals surface area contributed by atoms with Gasteiger partial charge in [-0.05, 0) is 12.0 Å². The van der Waals surface area contributed by atoms with Crippen molar-refractivity contribution in [2.75, 3.05) is 6.61 Å². The largest absolute Gasteiger partial charge is 0.396 e. The zero-order valence-electron chi connectivity index (χ0n) is 11.8. The first kappa shape index (κ1) is 13.6. The smallest absolute Gasteiger partial charge is 0.100 e. The zero-order valence-corrected chi connectivity index (χ0v) is 11.8. The molecule has 0 unspecified atom stereocenters. The van der Waals surface area contributed by atoms with Gasteiger partial charge in [0, 0.05) is 30.5 Å². The molecule has 21 heavy (non-hydrogen) atoms. The number of rotatable bonds is 5. The van der Waals surface area contributed by atoms with Crippen molar-refractivity contribution in [3.63, 3.8) is 0 Å². The minimum Gasteiger partial charge on any atom is -0.396 e. The van der Waals surface area contributed by atoms with Gasteiger partial charge in [0.25, 0.3) is 0 Å². The van der Waals surface area contributed by atoms with Gasteiger partial charge in [-0.3, -0.25) is 4.68 Å². The van der Waals surface area contributed by atoms with Gasteiger partial charge in [-0.15, -0.1) is 0 Å². The summed E-state index contributed by atoms with van der Waals surface area (Å²) in [5, 5.41) is 13.7. The molecule has 0 spiro atoms. The second-order valence-electron chi connectivity index (χ2n) is 4.96. The zero-order chi connectivity index (χ0) is 14.5. The standard InChI is InChI=1S/C18H18N2O/c21-13-7-12-20-14-17(15-8-3-1-4-9-15)18(19-20)16-10-5-2-6-11-16/h1-6,8-11,14,21H,7,12-13H2. The maximum atomic E-state index is 9.00. The Morgan fingerprint density at radius 2 is 1.48 bits per heavy atom. The molecule has 3 aromatic rings. The summed E-state index contributed by atoms with van der Waals surface area (Å²) in [6.07, 6.45) is 2.78. The van der Waals surface area contributed by atoms with Crippen LogP contribution in [0.3, 0.4) is 0 Å². The van der Waals surface area contributed by atoms with Crippen LogP contribution in [0.5, 0.6) is 0 Å². The van der Waals surface area contributed by atoms with E-state index in [2.05, 4.69) is 30.5 Å². The lowest BCUT2D eigenvalue weighted by molar-refractivity contribution is 0.277. The summed E-state index contributed by atoms with van der Waals surface area (Å²) >= 11 is 0. The Kier molecular flexibility index (Phi) is 4.12. The molecule has 0 fully saturated rings. The van der Waals surface area contributed by atoms with Crippen LogP contribution in [0.1, 0.15) is 6.42 Å². The van der Waals surface area contributed by atoms with E-state index in [1.165, 1.54) is 0 Å². The van der Waals surface area contributed by atoms with Crippen LogP contribution in [0.25, 0.3) is 22.4 Å². The lowest BCUT2D eigenvalue weighted by Gasteiger charge is -2.02. The number of aliphatic hydroxyl groups is 1. The van der Waals surface area contributed by atoms with Gasteiger partial charge >= 0.3 is 0 Å². The predicted octanol–water partition coefficient (Wildman–Crippen LogP) is 3.60. The molecule has 0 atom stereocenters. The fourth-order valence-electron chi connectivity index (χ4n) is 2.41. The molecule has 106 valence electrons. The Bertz CT molecular complexity index is 633. The summed E-state index contributed by atoms with van der Waals surface area (Å²) in [5.41, 5.74) is 4.38. The molecule has 1 aromatic heterocycles. The number of nitrogens with zero attached hydrogens (tertiary/aromatic N) is 2. The third-order valence-corrected chi connectivity index (χ3v) is 3.44. The maximum absolute atomic E-state index is 9.00. The number of aryl methyl sites for hydroxylation is 1. The third-order valence-electron chi connectivity index (χ3n) is 3.44. The highest BCUT2D eigenvalue weighted by molar-refractivity contribution is 5.80. The molecular formula is C18H18N2O. The van der Waals surface area contributed by atoms with Crippen molar-refractivity contribution >= 4 is 0 Å². The molecule has 3 nitrogen and oxygen atoms in total. The Labute approximate surface area is 124 Å². The summed E-state index contributed by atoms with van der Waals surface area (Å²) in [6, 6.07) is 20.5. The lowest BCUT2D eigenvalue weighted by atomic mass is 10.0. The van der Waals surface area contributed by atoms with Crippen molar-refractivity contribution in [1.29, 1.82) is 0 Å². The van der Waals surface area contributed by atoms with E-state index in [-0.39, 0.29) is 6.61 Å². The average molecular weight is 278 g/mol. The number of aliphatic hydroxyl groups excluding tert-OH is 1. The van der Waals surface area contributed by atoms with Crippen LogP contribution in [0.4, 0.5) is 0 Å². The molecular weight excluding hydrogens is 260 g/mol. The van der Waals surface area contributed by atoms with Crippen molar-refractivity contribution in [1.82, 2.24) is 9.78 Å². The highest BCUT2D eigenvalue weighted by Gasteiger charge is 2.12. The molecule has 0 saturated heterocycles. The first-order chi connectivity index (χ1) is 10.4. The van der Waals surface area contributed by atoms with Gasteiger partial charge in [0.2, 0.25) is 0 Å². The van der Waals surface area contributed by atoms with Gasteiger partial charge in [0.05, 0.1) is 0 Å². The Balaban J connectivity index is 2.06. The first-order valence-electron chi connectivity index (χ1n) is 7.17. The third kappa shape index (κ3) is 3.03. The van der Waals surface area contributed by atoms with E-state index in [1.807, 2.05) is 41.1 Å². The molecule has 3 rings (SSSR count). The fourth-order valence-corrected chi connectivity index (χ4v) is 2.41. The quantitative estimate of drug-likeness (QED) is 0.774. The highest BCUT2D eigenvalue weighted by atomic mass is 16.3. The predicted molar refractivity (Wildman–Crippen MR) is 84.8 cm³/mol. The maximum Gasteiger partial charge on any atom is 0.100 e. The van der Waals surface area contributed by atoms with Crippen molar-refractivity contribution in [2.45, 2.75) is 13.0 Å². The summed E-state index contributed by atoms with van der Waals surface area (Å²) < 4.78 is 1.92. The molecule has 0 radical (unpaired) electrons. The van der Waals surface area contributed by atoms with E-state index in [0.29, 0.717) is 6.42 Å². The van der Waals surface area contributed by atoms with Crippen LogP contribution in [-0.4, -0.2) is 21.5 Å². The van der Waals surface area contributed by atoms with Crippen LogP contribution in [0.2, 0.25) is 0 Å². The molecule has 0 aliphatic rings. The lowest BCUT2D eigenvalue weighted by Crippen LogP contribution is -2.00. The van der Waals surface area contributed by atoms with Gasteiger partial charge in [-0.1, -0.05) is 60.7 Å².